The van der Waals surface area contributed by atoms with Crippen molar-refractivity contribution < 1.29 is 19.1 Å². The molecule has 0 aliphatic rings. The number of benzene rings is 2. The predicted molar refractivity (Wildman–Crippen MR) is 116 cm³/mol. The van der Waals surface area contributed by atoms with Crippen LogP contribution in [0, 0.1) is 0 Å². The third-order valence-corrected chi connectivity index (χ3v) is 4.05. The number of anilines is 1. The first-order chi connectivity index (χ1) is 14.5. The van der Waals surface area contributed by atoms with E-state index in [1.165, 1.54) is 0 Å². The molecule has 0 aromatic heterocycles. The summed E-state index contributed by atoms with van der Waals surface area (Å²) < 4.78 is 10.6. The van der Waals surface area contributed by atoms with E-state index in [2.05, 4.69) is 20.9 Å². The number of guanidine groups is 1. The van der Waals surface area contributed by atoms with Crippen LogP contribution in [0.3, 0.4) is 0 Å². The first-order valence-corrected chi connectivity index (χ1v) is 9.39. The van der Waals surface area contributed by atoms with E-state index in [1.54, 1.807) is 26.4 Å². The summed E-state index contributed by atoms with van der Waals surface area (Å²) in [6.07, 6.45) is 0. The number of ether oxygens (including phenoxy) is 2. The fourth-order valence-electron chi connectivity index (χ4n) is 2.56. The summed E-state index contributed by atoms with van der Waals surface area (Å²) in [6, 6.07) is 12.5. The Morgan fingerprint density at radius 2 is 1.70 bits per heavy atom. The summed E-state index contributed by atoms with van der Waals surface area (Å²) >= 11 is 0. The van der Waals surface area contributed by atoms with Crippen LogP contribution in [0.1, 0.15) is 22.8 Å². The van der Waals surface area contributed by atoms with Crippen molar-refractivity contribution in [2.24, 2.45) is 10.7 Å². The van der Waals surface area contributed by atoms with Crippen molar-refractivity contribution in [3.8, 4) is 11.5 Å². The summed E-state index contributed by atoms with van der Waals surface area (Å²) in [5.74, 6) is 0.918. The Kier molecular flexibility index (Phi) is 8.49. The van der Waals surface area contributed by atoms with E-state index in [1.807, 2.05) is 37.3 Å². The van der Waals surface area contributed by atoms with Gasteiger partial charge in [-0.2, -0.15) is 0 Å². The van der Waals surface area contributed by atoms with Crippen LogP contribution in [0.25, 0.3) is 0 Å². The summed E-state index contributed by atoms with van der Waals surface area (Å²) in [5, 5.41) is 8.86. The van der Waals surface area contributed by atoms with Gasteiger partial charge in [-0.3, -0.25) is 9.59 Å². The SMILES string of the molecule is CCNC(=NCc1ccc(C(=O)NCC(N)=O)cc1)Nc1ccc(OC)c(OC)c1. The molecule has 0 atom stereocenters. The smallest absolute Gasteiger partial charge is 0.251 e. The molecule has 0 fully saturated rings. The Balaban J connectivity index is 2.05. The number of aliphatic imine (C=N–C) groups is 1. The second-order valence-corrected chi connectivity index (χ2v) is 6.24. The molecule has 0 aliphatic heterocycles. The second kappa shape index (κ2) is 11.3. The van der Waals surface area contributed by atoms with Gasteiger partial charge in [0.15, 0.2) is 17.5 Å². The van der Waals surface area contributed by atoms with E-state index in [-0.39, 0.29) is 12.5 Å². The number of nitrogens with zero attached hydrogens (tertiary/aromatic N) is 1. The number of nitrogens with two attached hydrogens (primary N) is 1. The van der Waals surface area contributed by atoms with Crippen LogP contribution >= 0.6 is 0 Å². The molecule has 0 aliphatic carbocycles. The number of hydrogen-bond acceptors (Lipinski definition) is 5. The van der Waals surface area contributed by atoms with Crippen LogP contribution < -0.4 is 31.2 Å². The highest BCUT2D eigenvalue weighted by molar-refractivity contribution is 5.96. The van der Waals surface area contributed by atoms with Crippen molar-refractivity contribution in [1.29, 1.82) is 0 Å². The minimum atomic E-state index is -0.591. The third-order valence-electron chi connectivity index (χ3n) is 4.05. The number of carbonyl (C=O) groups is 2. The first-order valence-electron chi connectivity index (χ1n) is 9.39. The molecule has 2 aromatic carbocycles. The van der Waals surface area contributed by atoms with Crippen molar-refractivity contribution in [2.75, 3.05) is 32.6 Å². The van der Waals surface area contributed by atoms with Gasteiger partial charge in [-0.25, -0.2) is 4.99 Å². The number of hydrogen-bond donors (Lipinski definition) is 4. The topological polar surface area (TPSA) is 127 Å². The molecule has 0 heterocycles. The molecule has 2 amide bonds. The maximum Gasteiger partial charge on any atom is 0.251 e. The zero-order valence-corrected chi connectivity index (χ0v) is 17.3. The summed E-state index contributed by atoms with van der Waals surface area (Å²) in [7, 11) is 3.17. The molecule has 5 N–H and O–H groups in total. The van der Waals surface area contributed by atoms with Gasteiger partial charge >= 0.3 is 0 Å². The molecule has 0 spiro atoms. The van der Waals surface area contributed by atoms with Crippen LogP contribution in [-0.4, -0.2) is 45.1 Å². The number of rotatable bonds is 9. The zero-order chi connectivity index (χ0) is 21.9. The molecule has 0 unspecified atom stereocenters. The lowest BCUT2D eigenvalue weighted by Crippen LogP contribution is -2.33. The number of amides is 2. The van der Waals surface area contributed by atoms with E-state index in [9.17, 15) is 9.59 Å². The molecule has 0 radical (unpaired) electrons. The molecule has 2 rings (SSSR count). The largest absolute Gasteiger partial charge is 0.493 e. The van der Waals surface area contributed by atoms with Crippen molar-refractivity contribution >= 4 is 23.5 Å². The number of methoxy groups -OCH3 is 2. The molecule has 30 heavy (non-hydrogen) atoms. The molecule has 160 valence electrons. The highest BCUT2D eigenvalue weighted by Crippen LogP contribution is 2.29. The van der Waals surface area contributed by atoms with Crippen molar-refractivity contribution in [3.05, 3.63) is 53.6 Å². The normalized spacial score (nSPS) is 10.8. The van der Waals surface area contributed by atoms with Crippen LogP contribution in [0.2, 0.25) is 0 Å². The molecule has 0 bridgehead atoms. The van der Waals surface area contributed by atoms with Gasteiger partial charge in [0.25, 0.3) is 5.91 Å². The van der Waals surface area contributed by atoms with Crippen LogP contribution in [0.5, 0.6) is 11.5 Å². The highest BCUT2D eigenvalue weighted by Gasteiger charge is 2.08. The monoisotopic (exact) mass is 413 g/mol. The fraction of sp³-hybridized carbons (Fsp3) is 0.286. The third kappa shape index (κ3) is 6.69. The van der Waals surface area contributed by atoms with Gasteiger partial charge in [0.2, 0.25) is 5.91 Å². The zero-order valence-electron chi connectivity index (χ0n) is 17.3. The molecule has 9 nitrogen and oxygen atoms in total. The lowest BCUT2D eigenvalue weighted by atomic mass is 10.1. The standard InChI is InChI=1S/C21H27N5O4/c1-4-23-21(26-16-9-10-17(29-2)18(11-16)30-3)25-12-14-5-7-15(8-6-14)20(28)24-13-19(22)27/h5-11H,4,12-13H2,1-3H3,(H2,22,27)(H,24,28)(H2,23,25,26). The van der Waals surface area contributed by atoms with Crippen LogP contribution in [0.4, 0.5) is 5.69 Å². The van der Waals surface area contributed by atoms with Gasteiger partial charge in [0, 0.05) is 23.9 Å². The Bertz CT molecular complexity index is 897. The highest BCUT2D eigenvalue weighted by atomic mass is 16.5. The second-order valence-electron chi connectivity index (χ2n) is 6.24. The summed E-state index contributed by atoms with van der Waals surface area (Å²) in [6.45, 7) is 2.88. The molecule has 2 aromatic rings. The maximum absolute atomic E-state index is 11.9. The van der Waals surface area contributed by atoms with E-state index in [0.29, 0.717) is 36.1 Å². The molecular weight excluding hydrogens is 386 g/mol. The van der Waals surface area contributed by atoms with Gasteiger partial charge in [0.05, 0.1) is 27.3 Å². The maximum atomic E-state index is 11.9. The number of carbonyl (C=O) groups excluding carboxylic acids is 2. The Morgan fingerprint density at radius 1 is 1.00 bits per heavy atom. The molecule has 0 saturated carbocycles. The van der Waals surface area contributed by atoms with Gasteiger partial charge in [-0.15, -0.1) is 0 Å². The van der Waals surface area contributed by atoms with Crippen molar-refractivity contribution in [2.45, 2.75) is 13.5 Å². The first kappa shape index (κ1) is 22.5. The van der Waals surface area contributed by atoms with E-state index in [4.69, 9.17) is 15.2 Å². The molecular formula is C21H27N5O4. The van der Waals surface area contributed by atoms with Gasteiger partial charge in [-0.1, -0.05) is 12.1 Å². The lowest BCUT2D eigenvalue weighted by Gasteiger charge is -2.14. The minimum absolute atomic E-state index is 0.196. The van der Waals surface area contributed by atoms with Gasteiger partial charge in [0.1, 0.15) is 0 Å². The number of nitrogens with one attached hydrogen (secondary N) is 3. The van der Waals surface area contributed by atoms with Crippen molar-refractivity contribution in [1.82, 2.24) is 10.6 Å². The van der Waals surface area contributed by atoms with Gasteiger partial charge < -0.3 is 31.2 Å². The fourth-order valence-corrected chi connectivity index (χ4v) is 2.56. The summed E-state index contributed by atoms with van der Waals surface area (Å²) in [5.41, 5.74) is 7.19. The molecule has 0 saturated heterocycles. The minimum Gasteiger partial charge on any atom is -0.493 e. The molecule has 9 heteroatoms. The average molecular weight is 413 g/mol. The van der Waals surface area contributed by atoms with Crippen LogP contribution in [-0.2, 0) is 11.3 Å². The van der Waals surface area contributed by atoms with E-state index in [0.717, 1.165) is 11.3 Å². The van der Waals surface area contributed by atoms with E-state index >= 15 is 0 Å². The quantitative estimate of drug-likeness (QED) is 0.364. The van der Waals surface area contributed by atoms with E-state index < -0.39 is 5.91 Å². The number of primary amides is 1. The van der Waals surface area contributed by atoms with Crippen molar-refractivity contribution in [3.63, 3.8) is 0 Å². The summed E-state index contributed by atoms with van der Waals surface area (Å²) in [4.78, 5) is 27.3. The lowest BCUT2D eigenvalue weighted by molar-refractivity contribution is -0.117. The van der Waals surface area contributed by atoms with Crippen LogP contribution in [0.15, 0.2) is 47.5 Å². The Morgan fingerprint density at radius 3 is 2.30 bits per heavy atom. The average Bonchev–Trinajstić information content (AvgIpc) is 2.76. The predicted octanol–water partition coefficient (Wildman–Crippen LogP) is 1.50. The Labute approximate surface area is 175 Å². The van der Waals surface area contributed by atoms with Gasteiger partial charge in [-0.05, 0) is 36.8 Å². The Hall–Kier alpha value is -3.75.